The van der Waals surface area contributed by atoms with E-state index in [9.17, 15) is 0 Å². The number of unbranched alkanes of at least 4 members (excludes halogenated alkanes) is 3. The Labute approximate surface area is 81.5 Å². The minimum absolute atomic E-state index is 1.05. The van der Waals surface area contributed by atoms with Gasteiger partial charge in [0.1, 0.15) is 0 Å². The van der Waals surface area contributed by atoms with E-state index < -0.39 is 0 Å². The molecular weight excluding hydrogens is 160 g/mol. The highest BCUT2D eigenvalue weighted by molar-refractivity contribution is 4.99. The number of rotatable bonds is 7. The molecule has 1 heteroatoms. The Hall–Kier alpha value is -0.980. The first-order valence-electron chi connectivity index (χ1n) is 5.02. The Morgan fingerprint density at radius 2 is 1.62 bits per heavy atom. The van der Waals surface area contributed by atoms with Crippen LogP contribution in [0.1, 0.15) is 39.0 Å². The standard InChI is InChI=1S/C12H20O/c1-2-3-4-5-6-7-8-9-10-11-12-13/h4-5,9-13H,2-3,6-8H2,1H3. The van der Waals surface area contributed by atoms with Crippen molar-refractivity contribution in [2.24, 2.45) is 0 Å². The summed E-state index contributed by atoms with van der Waals surface area (Å²) in [6.07, 6.45) is 17.0. The maximum absolute atomic E-state index is 8.32. The average Bonchev–Trinajstić information content (AvgIpc) is 2.16. The lowest BCUT2D eigenvalue weighted by Crippen LogP contribution is -1.69. The summed E-state index contributed by atoms with van der Waals surface area (Å²) in [5.41, 5.74) is 0. The fourth-order valence-corrected chi connectivity index (χ4v) is 0.980. The van der Waals surface area contributed by atoms with Crippen molar-refractivity contribution >= 4 is 0 Å². The van der Waals surface area contributed by atoms with Crippen LogP contribution >= 0.6 is 0 Å². The third-order valence-electron chi connectivity index (χ3n) is 1.70. The van der Waals surface area contributed by atoms with E-state index in [-0.39, 0.29) is 0 Å². The summed E-state index contributed by atoms with van der Waals surface area (Å²) in [4.78, 5) is 0. The largest absolute Gasteiger partial charge is 0.516 e. The highest BCUT2D eigenvalue weighted by atomic mass is 16.2. The molecule has 0 amide bonds. The van der Waals surface area contributed by atoms with Crippen molar-refractivity contribution in [3.8, 4) is 0 Å². The first-order chi connectivity index (χ1) is 6.41. The lowest BCUT2D eigenvalue weighted by atomic mass is 10.2. The molecule has 1 N–H and O–H groups in total. The molecule has 0 aliphatic heterocycles. The summed E-state index contributed by atoms with van der Waals surface area (Å²) in [6.45, 7) is 2.19. The van der Waals surface area contributed by atoms with Gasteiger partial charge in [0.15, 0.2) is 0 Å². The summed E-state index contributed by atoms with van der Waals surface area (Å²) >= 11 is 0. The molecule has 74 valence electrons. The first kappa shape index (κ1) is 12.0. The lowest BCUT2D eigenvalue weighted by molar-refractivity contribution is 0.473. The summed E-state index contributed by atoms with van der Waals surface area (Å²) < 4.78 is 0. The van der Waals surface area contributed by atoms with Crippen LogP contribution in [0.5, 0.6) is 0 Å². The van der Waals surface area contributed by atoms with Gasteiger partial charge in [0.25, 0.3) is 0 Å². The zero-order valence-electron chi connectivity index (χ0n) is 8.45. The van der Waals surface area contributed by atoms with Crippen LogP contribution in [0.4, 0.5) is 0 Å². The van der Waals surface area contributed by atoms with Gasteiger partial charge in [-0.05, 0) is 31.8 Å². The van der Waals surface area contributed by atoms with Crippen LogP contribution < -0.4 is 0 Å². The molecule has 0 unspecified atom stereocenters. The Morgan fingerprint density at radius 1 is 0.923 bits per heavy atom. The molecule has 0 aromatic carbocycles. The zero-order chi connectivity index (χ0) is 9.78. The summed E-state index contributed by atoms with van der Waals surface area (Å²) in [6, 6.07) is 0. The van der Waals surface area contributed by atoms with Gasteiger partial charge in [0.2, 0.25) is 0 Å². The van der Waals surface area contributed by atoms with E-state index in [1.807, 2.05) is 6.08 Å². The molecule has 0 spiro atoms. The summed E-state index contributed by atoms with van der Waals surface area (Å²) in [7, 11) is 0. The molecule has 0 aromatic rings. The molecule has 0 aromatic heterocycles. The van der Waals surface area contributed by atoms with Crippen LogP contribution in [0.15, 0.2) is 36.6 Å². The molecule has 13 heavy (non-hydrogen) atoms. The predicted octanol–water partition coefficient (Wildman–Crippen LogP) is 4.14. The lowest BCUT2D eigenvalue weighted by Gasteiger charge is -1.89. The van der Waals surface area contributed by atoms with E-state index >= 15 is 0 Å². The van der Waals surface area contributed by atoms with Crippen molar-refractivity contribution in [1.29, 1.82) is 0 Å². The van der Waals surface area contributed by atoms with Crippen molar-refractivity contribution in [2.75, 3.05) is 0 Å². The Balaban J connectivity index is 3.16. The Bertz CT molecular complexity index is 166. The number of hydrogen-bond donors (Lipinski definition) is 1. The highest BCUT2D eigenvalue weighted by Crippen LogP contribution is 1.99. The van der Waals surface area contributed by atoms with E-state index in [0.29, 0.717) is 0 Å². The van der Waals surface area contributed by atoms with Crippen molar-refractivity contribution in [2.45, 2.75) is 39.0 Å². The van der Waals surface area contributed by atoms with Crippen molar-refractivity contribution in [1.82, 2.24) is 0 Å². The van der Waals surface area contributed by atoms with Crippen molar-refractivity contribution < 1.29 is 5.11 Å². The maximum atomic E-state index is 8.32. The smallest absolute Gasteiger partial charge is 0.0791 e. The summed E-state index contributed by atoms with van der Waals surface area (Å²) in [5, 5.41) is 8.32. The second-order valence-corrected chi connectivity index (χ2v) is 2.96. The van der Waals surface area contributed by atoms with Crippen LogP contribution in [-0.2, 0) is 0 Å². The first-order valence-corrected chi connectivity index (χ1v) is 5.02. The SMILES string of the molecule is CCCC=CCCCC=CC=CO. The van der Waals surface area contributed by atoms with Crippen LogP contribution in [0.3, 0.4) is 0 Å². The van der Waals surface area contributed by atoms with E-state index in [1.165, 1.54) is 19.3 Å². The van der Waals surface area contributed by atoms with Crippen LogP contribution in [0.2, 0.25) is 0 Å². The quantitative estimate of drug-likeness (QED) is 0.270. The average molecular weight is 180 g/mol. The molecule has 0 saturated carbocycles. The maximum Gasteiger partial charge on any atom is 0.0791 e. The minimum Gasteiger partial charge on any atom is -0.516 e. The predicted molar refractivity (Wildman–Crippen MR) is 58.8 cm³/mol. The van der Waals surface area contributed by atoms with Crippen LogP contribution in [0, 0.1) is 0 Å². The van der Waals surface area contributed by atoms with Crippen molar-refractivity contribution in [3.05, 3.63) is 36.6 Å². The van der Waals surface area contributed by atoms with E-state index in [1.54, 1.807) is 6.08 Å². The second-order valence-electron chi connectivity index (χ2n) is 2.96. The van der Waals surface area contributed by atoms with Gasteiger partial charge in [0.05, 0.1) is 6.26 Å². The van der Waals surface area contributed by atoms with Gasteiger partial charge in [-0.15, -0.1) is 0 Å². The molecule has 0 aliphatic carbocycles. The Morgan fingerprint density at radius 3 is 2.31 bits per heavy atom. The third-order valence-corrected chi connectivity index (χ3v) is 1.70. The zero-order valence-corrected chi connectivity index (χ0v) is 8.45. The molecule has 0 heterocycles. The molecule has 0 atom stereocenters. The fraction of sp³-hybridized carbons (Fsp3) is 0.500. The monoisotopic (exact) mass is 180 g/mol. The topological polar surface area (TPSA) is 20.2 Å². The number of aliphatic hydroxyl groups excluding tert-OH is 1. The molecule has 0 aliphatic rings. The third kappa shape index (κ3) is 11.0. The number of allylic oxidation sites excluding steroid dienone is 5. The Kier molecular flexibility index (Phi) is 10.2. The van der Waals surface area contributed by atoms with Gasteiger partial charge in [-0.2, -0.15) is 0 Å². The van der Waals surface area contributed by atoms with Gasteiger partial charge in [0, 0.05) is 0 Å². The van der Waals surface area contributed by atoms with E-state index in [0.717, 1.165) is 19.1 Å². The fourth-order valence-electron chi connectivity index (χ4n) is 0.980. The number of hydrogen-bond acceptors (Lipinski definition) is 1. The molecule has 0 rings (SSSR count). The molecule has 0 radical (unpaired) electrons. The second kappa shape index (κ2) is 11.0. The number of aliphatic hydroxyl groups is 1. The van der Waals surface area contributed by atoms with E-state index in [4.69, 9.17) is 5.11 Å². The molecule has 0 saturated heterocycles. The minimum atomic E-state index is 1.05. The van der Waals surface area contributed by atoms with Crippen LogP contribution in [0.25, 0.3) is 0 Å². The summed E-state index contributed by atoms with van der Waals surface area (Å²) in [5.74, 6) is 0. The normalized spacial score (nSPS) is 12.4. The van der Waals surface area contributed by atoms with Crippen molar-refractivity contribution in [3.63, 3.8) is 0 Å². The molecule has 1 nitrogen and oxygen atoms in total. The van der Waals surface area contributed by atoms with Gasteiger partial charge in [-0.1, -0.05) is 37.6 Å². The van der Waals surface area contributed by atoms with Gasteiger partial charge >= 0.3 is 0 Å². The van der Waals surface area contributed by atoms with E-state index in [2.05, 4.69) is 25.2 Å². The van der Waals surface area contributed by atoms with Gasteiger partial charge in [-0.25, -0.2) is 0 Å². The van der Waals surface area contributed by atoms with Gasteiger partial charge < -0.3 is 5.11 Å². The highest BCUT2D eigenvalue weighted by Gasteiger charge is 1.79. The van der Waals surface area contributed by atoms with Crippen LogP contribution in [-0.4, -0.2) is 5.11 Å². The molecular formula is C12H20O. The molecule has 0 bridgehead atoms. The van der Waals surface area contributed by atoms with Gasteiger partial charge in [-0.3, -0.25) is 0 Å². The molecule has 0 fully saturated rings.